The lowest BCUT2D eigenvalue weighted by molar-refractivity contribution is 0.0827. The summed E-state index contributed by atoms with van der Waals surface area (Å²) in [5, 5.41) is 7.86. The van der Waals surface area contributed by atoms with Gasteiger partial charge in [0, 0.05) is 43.7 Å². The highest BCUT2D eigenvalue weighted by molar-refractivity contribution is 5.94. The van der Waals surface area contributed by atoms with Gasteiger partial charge in [-0.05, 0) is 36.4 Å². The van der Waals surface area contributed by atoms with E-state index in [1.807, 2.05) is 23.1 Å². The fourth-order valence-corrected chi connectivity index (χ4v) is 3.58. The lowest BCUT2D eigenvalue weighted by Crippen LogP contribution is -2.37. The Morgan fingerprint density at radius 1 is 1.12 bits per heavy atom. The third kappa shape index (κ3) is 4.37. The lowest BCUT2D eigenvalue weighted by Gasteiger charge is -2.27. The predicted octanol–water partition coefficient (Wildman–Crippen LogP) is 2.88. The van der Waals surface area contributed by atoms with Gasteiger partial charge in [-0.15, -0.1) is 0 Å². The SMILES string of the molecule is CN(C)C(=O)c1ccc(Oc2nc(-c3ccc4[nH]ncc4c3)nc(N3CCOCC3)n2)c(F)c1. The number of aromatic nitrogens is 5. The molecule has 1 fully saturated rings. The number of halogens is 1. The van der Waals surface area contributed by atoms with E-state index in [0.29, 0.717) is 38.1 Å². The number of benzene rings is 2. The van der Waals surface area contributed by atoms with Crippen LogP contribution in [0.2, 0.25) is 0 Å². The Balaban J connectivity index is 1.52. The summed E-state index contributed by atoms with van der Waals surface area (Å²) in [6.45, 7) is 2.32. The maximum Gasteiger partial charge on any atom is 0.327 e. The first kappa shape index (κ1) is 21.7. The third-order valence-electron chi connectivity index (χ3n) is 5.38. The Morgan fingerprint density at radius 3 is 2.71 bits per heavy atom. The molecule has 0 aliphatic carbocycles. The second-order valence-corrected chi connectivity index (χ2v) is 7.96. The van der Waals surface area contributed by atoms with Gasteiger partial charge in [0.25, 0.3) is 5.91 Å². The largest absolute Gasteiger partial charge is 0.421 e. The molecule has 0 saturated carbocycles. The molecule has 2 aromatic carbocycles. The molecule has 0 unspecified atom stereocenters. The molecule has 1 aliphatic heterocycles. The Labute approximate surface area is 194 Å². The molecule has 10 nitrogen and oxygen atoms in total. The standard InChI is InChI=1S/C23H22FN7O3/c1-30(2)21(32)15-4-6-19(17(24)12-15)34-23-27-20(14-3-5-18-16(11-14)13-25-29-18)26-22(28-23)31-7-9-33-10-8-31/h3-6,11-13H,7-10H2,1-2H3,(H,25,29). The van der Waals surface area contributed by atoms with Crippen LogP contribution in [0.1, 0.15) is 10.4 Å². The van der Waals surface area contributed by atoms with Gasteiger partial charge in [-0.3, -0.25) is 9.89 Å². The molecule has 0 radical (unpaired) electrons. The van der Waals surface area contributed by atoms with Crippen molar-refractivity contribution in [3.8, 4) is 23.1 Å². The number of carbonyl (C=O) groups excluding carboxylic acids is 1. The minimum Gasteiger partial charge on any atom is -0.421 e. The van der Waals surface area contributed by atoms with Crippen LogP contribution in [-0.4, -0.2) is 76.4 Å². The minimum atomic E-state index is -0.692. The van der Waals surface area contributed by atoms with E-state index < -0.39 is 5.82 Å². The number of rotatable bonds is 5. The minimum absolute atomic E-state index is 0.0515. The number of hydrogen-bond donors (Lipinski definition) is 1. The summed E-state index contributed by atoms with van der Waals surface area (Å²) in [5.74, 6) is -0.296. The van der Waals surface area contributed by atoms with Gasteiger partial charge in [-0.25, -0.2) is 4.39 Å². The first-order valence-corrected chi connectivity index (χ1v) is 10.7. The molecular weight excluding hydrogens is 441 g/mol. The molecule has 2 aromatic heterocycles. The third-order valence-corrected chi connectivity index (χ3v) is 5.38. The maximum absolute atomic E-state index is 14.8. The molecule has 11 heteroatoms. The summed E-state index contributed by atoms with van der Waals surface area (Å²) in [5.41, 5.74) is 1.84. The molecule has 1 amide bonds. The van der Waals surface area contributed by atoms with Crippen molar-refractivity contribution in [1.82, 2.24) is 30.0 Å². The molecule has 1 saturated heterocycles. The number of nitrogens with zero attached hydrogens (tertiary/aromatic N) is 6. The number of hydrogen-bond acceptors (Lipinski definition) is 8. The van der Waals surface area contributed by atoms with E-state index in [1.165, 1.54) is 17.0 Å². The van der Waals surface area contributed by atoms with E-state index in [1.54, 1.807) is 20.3 Å². The van der Waals surface area contributed by atoms with Crippen LogP contribution in [0.4, 0.5) is 10.3 Å². The van der Waals surface area contributed by atoms with E-state index in [0.717, 1.165) is 22.5 Å². The van der Waals surface area contributed by atoms with Gasteiger partial charge in [0.2, 0.25) is 5.95 Å². The van der Waals surface area contributed by atoms with E-state index in [2.05, 4.69) is 25.1 Å². The van der Waals surface area contributed by atoms with E-state index in [-0.39, 0.29) is 23.2 Å². The van der Waals surface area contributed by atoms with Crippen LogP contribution in [0, 0.1) is 5.82 Å². The first-order chi connectivity index (χ1) is 16.5. The van der Waals surface area contributed by atoms with Gasteiger partial charge in [-0.1, -0.05) is 0 Å². The molecule has 3 heterocycles. The second kappa shape index (κ2) is 9.02. The zero-order chi connectivity index (χ0) is 23.7. The number of anilines is 1. The maximum atomic E-state index is 14.8. The molecule has 34 heavy (non-hydrogen) atoms. The van der Waals surface area contributed by atoms with Crippen LogP contribution >= 0.6 is 0 Å². The molecule has 0 bridgehead atoms. The van der Waals surface area contributed by atoms with Crippen molar-refractivity contribution in [2.45, 2.75) is 0 Å². The molecule has 1 aliphatic rings. The molecule has 1 N–H and O–H groups in total. The molecule has 4 aromatic rings. The van der Waals surface area contributed by atoms with Crippen LogP contribution in [0.25, 0.3) is 22.3 Å². The van der Waals surface area contributed by atoms with Crippen molar-refractivity contribution in [2.75, 3.05) is 45.3 Å². The number of morpholine rings is 1. The van der Waals surface area contributed by atoms with E-state index in [4.69, 9.17) is 9.47 Å². The van der Waals surface area contributed by atoms with Crippen LogP contribution in [0.5, 0.6) is 11.8 Å². The van der Waals surface area contributed by atoms with Gasteiger partial charge in [0.05, 0.1) is 24.9 Å². The fourth-order valence-electron chi connectivity index (χ4n) is 3.58. The quantitative estimate of drug-likeness (QED) is 0.481. The number of amides is 1. The molecule has 174 valence electrons. The Morgan fingerprint density at radius 2 is 1.94 bits per heavy atom. The Kier molecular flexibility index (Phi) is 5.76. The zero-order valence-electron chi connectivity index (χ0n) is 18.7. The topological polar surface area (TPSA) is 109 Å². The average Bonchev–Trinajstić information content (AvgIpc) is 3.33. The van der Waals surface area contributed by atoms with Crippen LogP contribution in [-0.2, 0) is 4.74 Å². The average molecular weight is 463 g/mol. The molecular formula is C23H22FN7O3. The van der Waals surface area contributed by atoms with Crippen LogP contribution in [0.15, 0.2) is 42.6 Å². The van der Waals surface area contributed by atoms with Crippen molar-refractivity contribution >= 4 is 22.8 Å². The van der Waals surface area contributed by atoms with Crippen LogP contribution in [0.3, 0.4) is 0 Å². The van der Waals surface area contributed by atoms with Crippen molar-refractivity contribution in [3.63, 3.8) is 0 Å². The lowest BCUT2D eigenvalue weighted by atomic mass is 10.1. The van der Waals surface area contributed by atoms with Crippen molar-refractivity contribution in [3.05, 3.63) is 54.0 Å². The van der Waals surface area contributed by atoms with Gasteiger partial charge in [0.1, 0.15) is 0 Å². The predicted molar refractivity (Wildman–Crippen MR) is 122 cm³/mol. The Bertz CT molecular complexity index is 1350. The number of nitrogens with one attached hydrogen (secondary N) is 1. The van der Waals surface area contributed by atoms with E-state index in [9.17, 15) is 9.18 Å². The molecule has 0 spiro atoms. The summed E-state index contributed by atoms with van der Waals surface area (Å²) in [6.07, 6.45) is 1.71. The summed E-state index contributed by atoms with van der Waals surface area (Å²) in [4.78, 5) is 29.0. The molecule has 5 rings (SSSR count). The number of aromatic amines is 1. The van der Waals surface area contributed by atoms with E-state index >= 15 is 0 Å². The Hall–Kier alpha value is -4.12. The number of carbonyl (C=O) groups is 1. The van der Waals surface area contributed by atoms with Crippen molar-refractivity contribution < 1.29 is 18.7 Å². The van der Waals surface area contributed by atoms with Gasteiger partial charge >= 0.3 is 6.01 Å². The van der Waals surface area contributed by atoms with Crippen molar-refractivity contribution in [2.24, 2.45) is 0 Å². The monoisotopic (exact) mass is 463 g/mol. The number of H-pyrrole nitrogens is 1. The van der Waals surface area contributed by atoms with Gasteiger partial charge < -0.3 is 19.3 Å². The summed E-state index contributed by atoms with van der Waals surface area (Å²) in [7, 11) is 3.20. The highest BCUT2D eigenvalue weighted by Crippen LogP contribution is 2.28. The van der Waals surface area contributed by atoms with Crippen molar-refractivity contribution in [1.29, 1.82) is 0 Å². The second-order valence-electron chi connectivity index (χ2n) is 7.96. The summed E-state index contributed by atoms with van der Waals surface area (Å²) in [6, 6.07) is 9.63. The summed E-state index contributed by atoms with van der Waals surface area (Å²) < 4.78 is 25.9. The first-order valence-electron chi connectivity index (χ1n) is 10.7. The highest BCUT2D eigenvalue weighted by Gasteiger charge is 2.20. The zero-order valence-corrected chi connectivity index (χ0v) is 18.7. The smallest absolute Gasteiger partial charge is 0.327 e. The van der Waals surface area contributed by atoms with Crippen LogP contribution < -0.4 is 9.64 Å². The number of ether oxygens (including phenoxy) is 2. The highest BCUT2D eigenvalue weighted by atomic mass is 19.1. The normalized spacial score (nSPS) is 13.8. The number of fused-ring (bicyclic) bond motifs is 1. The van der Waals surface area contributed by atoms with Gasteiger partial charge in [0.15, 0.2) is 17.4 Å². The fraction of sp³-hybridized carbons (Fsp3) is 0.261. The summed E-state index contributed by atoms with van der Waals surface area (Å²) >= 11 is 0. The molecule has 0 atom stereocenters. The van der Waals surface area contributed by atoms with Gasteiger partial charge in [-0.2, -0.15) is 20.1 Å².